The zero-order valence-electron chi connectivity index (χ0n) is 9.98. The monoisotopic (exact) mass is 346 g/mol. The summed E-state index contributed by atoms with van der Waals surface area (Å²) in [6.07, 6.45) is 0. The van der Waals surface area contributed by atoms with Crippen LogP contribution >= 0.6 is 38.9 Å². The third-order valence-corrected chi connectivity index (χ3v) is 4.27. The fraction of sp³-hybridized carbons (Fsp3) is 0.333. The summed E-state index contributed by atoms with van der Waals surface area (Å²) in [7, 11) is 0. The van der Waals surface area contributed by atoms with Crippen LogP contribution in [0.1, 0.15) is 30.5 Å². The van der Waals surface area contributed by atoms with Crippen molar-refractivity contribution in [2.75, 3.05) is 0 Å². The Balaban J connectivity index is 2.46. The fourth-order valence-corrected chi connectivity index (χ4v) is 3.34. The van der Waals surface area contributed by atoms with Crippen LogP contribution in [0.4, 0.5) is 0 Å². The Morgan fingerprint density at radius 1 is 1.50 bits per heavy atom. The smallest absolute Gasteiger partial charge is 0.255 e. The minimum absolute atomic E-state index is 0.108. The maximum absolute atomic E-state index is 12.0. The normalized spacial score (nSPS) is 11.2. The van der Waals surface area contributed by atoms with E-state index in [1.165, 1.54) is 6.07 Å². The van der Waals surface area contributed by atoms with E-state index in [-0.39, 0.29) is 16.6 Å². The summed E-state index contributed by atoms with van der Waals surface area (Å²) >= 11 is 10.9. The summed E-state index contributed by atoms with van der Waals surface area (Å²) in [6.45, 7) is 4.53. The molecule has 0 radical (unpaired) electrons. The Kier molecular flexibility index (Phi) is 4.25. The van der Waals surface area contributed by atoms with Crippen molar-refractivity contribution in [2.45, 2.75) is 26.3 Å². The third kappa shape index (κ3) is 3.02. The van der Waals surface area contributed by atoms with Crippen LogP contribution < -0.4 is 5.56 Å². The summed E-state index contributed by atoms with van der Waals surface area (Å²) in [5, 5.41) is 0.257. The van der Waals surface area contributed by atoms with Gasteiger partial charge in [0.1, 0.15) is 11.0 Å². The summed E-state index contributed by atoms with van der Waals surface area (Å²) in [4.78, 5) is 17.4. The Morgan fingerprint density at radius 2 is 2.22 bits per heavy atom. The lowest BCUT2D eigenvalue weighted by Gasteiger charge is -2.13. The van der Waals surface area contributed by atoms with Gasteiger partial charge in [-0.3, -0.25) is 9.36 Å². The molecule has 0 saturated carbocycles. The second-order valence-electron chi connectivity index (χ2n) is 4.22. The molecular formula is C12H12BrClN2OS. The van der Waals surface area contributed by atoms with Crippen LogP contribution in [0, 0.1) is 0 Å². The molecule has 0 fully saturated rings. The number of rotatable bonds is 3. The molecule has 6 heteroatoms. The van der Waals surface area contributed by atoms with Crippen molar-refractivity contribution in [1.29, 1.82) is 0 Å². The molecule has 0 bridgehead atoms. The Labute approximate surface area is 123 Å². The van der Waals surface area contributed by atoms with Gasteiger partial charge in [0.25, 0.3) is 5.56 Å². The van der Waals surface area contributed by atoms with Gasteiger partial charge in [0.2, 0.25) is 0 Å². The predicted octanol–water partition coefficient (Wildman–Crippen LogP) is 3.89. The Morgan fingerprint density at radius 3 is 2.78 bits per heavy atom. The molecule has 0 atom stereocenters. The van der Waals surface area contributed by atoms with Crippen LogP contribution in [-0.4, -0.2) is 9.55 Å². The number of thiophene rings is 1. The predicted molar refractivity (Wildman–Crippen MR) is 78.7 cm³/mol. The molecule has 0 unspecified atom stereocenters. The second-order valence-corrected chi connectivity index (χ2v) is 7.16. The third-order valence-electron chi connectivity index (χ3n) is 2.47. The molecule has 2 aromatic heterocycles. The van der Waals surface area contributed by atoms with Crippen LogP contribution in [0.5, 0.6) is 0 Å². The Bertz CT molecular complexity index is 621. The van der Waals surface area contributed by atoms with Crippen molar-refractivity contribution in [1.82, 2.24) is 9.55 Å². The van der Waals surface area contributed by atoms with E-state index in [0.717, 1.165) is 14.5 Å². The average molecular weight is 348 g/mol. The maximum Gasteiger partial charge on any atom is 0.255 e. The zero-order chi connectivity index (χ0) is 13.3. The van der Waals surface area contributed by atoms with Gasteiger partial charge in [-0.2, -0.15) is 0 Å². The molecule has 0 aliphatic rings. The lowest BCUT2D eigenvalue weighted by atomic mass is 10.2. The first-order valence-corrected chi connectivity index (χ1v) is 7.47. The molecule has 0 aliphatic heterocycles. The van der Waals surface area contributed by atoms with Crippen molar-refractivity contribution in [3.8, 4) is 0 Å². The zero-order valence-corrected chi connectivity index (χ0v) is 13.1. The van der Waals surface area contributed by atoms with E-state index in [0.29, 0.717) is 6.54 Å². The van der Waals surface area contributed by atoms with Gasteiger partial charge in [-0.15, -0.1) is 11.3 Å². The fourth-order valence-electron chi connectivity index (χ4n) is 1.69. The van der Waals surface area contributed by atoms with Crippen LogP contribution in [-0.2, 0) is 6.54 Å². The van der Waals surface area contributed by atoms with E-state index in [2.05, 4.69) is 20.9 Å². The highest BCUT2D eigenvalue weighted by atomic mass is 79.9. The largest absolute Gasteiger partial charge is 0.291 e. The highest BCUT2D eigenvalue weighted by molar-refractivity contribution is 9.11. The number of nitrogens with zero attached hydrogens (tertiary/aromatic N) is 2. The van der Waals surface area contributed by atoms with Gasteiger partial charge in [-0.25, -0.2) is 4.98 Å². The lowest BCUT2D eigenvalue weighted by molar-refractivity contribution is 0.629. The summed E-state index contributed by atoms with van der Waals surface area (Å²) in [6, 6.07) is 5.33. The van der Waals surface area contributed by atoms with Crippen molar-refractivity contribution in [3.63, 3.8) is 0 Å². The van der Waals surface area contributed by atoms with E-state index in [9.17, 15) is 4.79 Å². The summed E-state index contributed by atoms with van der Waals surface area (Å²) in [5.41, 5.74) is -0.108. The molecule has 18 heavy (non-hydrogen) atoms. The minimum atomic E-state index is -0.108. The molecule has 96 valence electrons. The minimum Gasteiger partial charge on any atom is -0.291 e. The van der Waals surface area contributed by atoms with Crippen molar-refractivity contribution >= 4 is 38.9 Å². The molecule has 2 heterocycles. The van der Waals surface area contributed by atoms with E-state index < -0.39 is 0 Å². The van der Waals surface area contributed by atoms with E-state index in [4.69, 9.17) is 11.6 Å². The number of halogens is 2. The van der Waals surface area contributed by atoms with Gasteiger partial charge in [0.15, 0.2) is 0 Å². The molecule has 0 aromatic carbocycles. The van der Waals surface area contributed by atoms with Gasteiger partial charge in [-0.05, 0) is 28.1 Å². The second kappa shape index (κ2) is 5.55. The molecule has 0 N–H and O–H groups in total. The molecule has 0 spiro atoms. The number of hydrogen-bond donors (Lipinski definition) is 0. The molecule has 0 amide bonds. The first kappa shape index (κ1) is 13.8. The van der Waals surface area contributed by atoms with Gasteiger partial charge in [-0.1, -0.05) is 25.4 Å². The summed E-state index contributed by atoms with van der Waals surface area (Å²) < 4.78 is 2.73. The van der Waals surface area contributed by atoms with E-state index in [1.807, 2.05) is 26.0 Å². The number of hydrogen-bond acceptors (Lipinski definition) is 3. The average Bonchev–Trinajstić information content (AvgIpc) is 2.67. The maximum atomic E-state index is 12.0. The van der Waals surface area contributed by atoms with Crippen LogP contribution in [0.25, 0.3) is 0 Å². The van der Waals surface area contributed by atoms with E-state index >= 15 is 0 Å². The van der Waals surface area contributed by atoms with Gasteiger partial charge >= 0.3 is 0 Å². The summed E-state index contributed by atoms with van der Waals surface area (Å²) in [5.74, 6) is 0.872. The first-order chi connectivity index (χ1) is 8.47. The molecule has 2 rings (SSSR count). The standard InChI is InChI=1S/C12H12BrClN2OS/c1-7(2)12-15-10(14)5-11(17)16(12)6-8-3-4-9(13)18-8/h3-5,7H,6H2,1-2H3. The highest BCUT2D eigenvalue weighted by Gasteiger charge is 2.12. The molecule has 0 saturated heterocycles. The van der Waals surface area contributed by atoms with Crippen molar-refractivity contribution in [2.24, 2.45) is 0 Å². The van der Waals surface area contributed by atoms with Crippen molar-refractivity contribution in [3.05, 3.63) is 48.2 Å². The topological polar surface area (TPSA) is 34.9 Å². The van der Waals surface area contributed by atoms with Crippen molar-refractivity contribution < 1.29 is 0 Å². The highest BCUT2D eigenvalue weighted by Crippen LogP contribution is 2.23. The molecule has 0 aliphatic carbocycles. The van der Waals surface area contributed by atoms with Crippen LogP contribution in [0.2, 0.25) is 5.15 Å². The molecule has 2 aromatic rings. The molecular weight excluding hydrogens is 336 g/mol. The van der Waals surface area contributed by atoms with Crippen LogP contribution in [0.15, 0.2) is 26.8 Å². The van der Waals surface area contributed by atoms with E-state index in [1.54, 1.807) is 15.9 Å². The Hall–Kier alpha value is -0.650. The first-order valence-electron chi connectivity index (χ1n) is 5.49. The SMILES string of the molecule is CC(C)c1nc(Cl)cc(=O)n1Cc1ccc(Br)s1. The van der Waals surface area contributed by atoms with Crippen LogP contribution in [0.3, 0.4) is 0 Å². The lowest BCUT2D eigenvalue weighted by Crippen LogP contribution is -2.25. The number of aromatic nitrogens is 2. The molecule has 3 nitrogen and oxygen atoms in total. The van der Waals surface area contributed by atoms with Gasteiger partial charge in [0, 0.05) is 16.9 Å². The quantitative estimate of drug-likeness (QED) is 0.789. The van der Waals surface area contributed by atoms with Gasteiger partial charge in [0.05, 0.1) is 10.3 Å². The van der Waals surface area contributed by atoms with Gasteiger partial charge < -0.3 is 0 Å².